The highest BCUT2D eigenvalue weighted by Crippen LogP contribution is 2.29. The Morgan fingerprint density at radius 3 is 2.76 bits per heavy atom. The third-order valence-electron chi connectivity index (χ3n) is 4.73. The Morgan fingerprint density at radius 2 is 2.14 bits per heavy atom. The Balaban J connectivity index is 2.25. The van der Waals surface area contributed by atoms with Crippen LogP contribution in [0.5, 0.6) is 0 Å². The molecule has 1 saturated heterocycles. The lowest BCUT2D eigenvalue weighted by molar-refractivity contribution is 0.0839. The molecule has 4 heteroatoms. The first-order chi connectivity index (χ1) is 10.1. The third kappa shape index (κ3) is 3.62. The van der Waals surface area contributed by atoms with Crippen LogP contribution in [-0.4, -0.2) is 35.2 Å². The second-order valence-corrected chi connectivity index (χ2v) is 5.95. The number of halogens is 1. The smallest absolute Gasteiger partial charge is 0.123 e. The molecule has 0 aromatic heterocycles. The lowest BCUT2D eigenvalue weighted by Gasteiger charge is -2.44. The molecule has 0 radical (unpaired) electrons. The lowest BCUT2D eigenvalue weighted by atomic mass is 9.96. The van der Waals surface area contributed by atoms with Gasteiger partial charge in [0.1, 0.15) is 5.82 Å². The minimum absolute atomic E-state index is 0.114. The number of nitrogens with one attached hydrogen (secondary N) is 1. The minimum atomic E-state index is -0.284. The Labute approximate surface area is 127 Å². The average molecular weight is 294 g/mol. The van der Waals surface area contributed by atoms with Gasteiger partial charge in [-0.05, 0) is 43.0 Å². The average Bonchev–Trinajstić information content (AvgIpc) is 2.53. The fourth-order valence-corrected chi connectivity index (χ4v) is 3.31. The van der Waals surface area contributed by atoms with Gasteiger partial charge in [0, 0.05) is 31.2 Å². The number of aliphatic hydroxyl groups is 1. The highest BCUT2D eigenvalue weighted by atomic mass is 19.1. The molecule has 0 bridgehead atoms. The van der Waals surface area contributed by atoms with Crippen LogP contribution in [0.25, 0.3) is 0 Å². The standard InChI is InChI=1S/C17H27FN2O/c1-4-15-10-20(16(5-2)9-19-15)12(3)17-7-6-14(18)8-13(17)11-21/h6-8,12,15-16,19,21H,4-5,9-11H2,1-3H3/t12?,15-,16+/m0/s1. The zero-order chi connectivity index (χ0) is 15.4. The summed E-state index contributed by atoms with van der Waals surface area (Å²) >= 11 is 0. The molecule has 1 aromatic carbocycles. The van der Waals surface area contributed by atoms with E-state index < -0.39 is 0 Å². The van der Waals surface area contributed by atoms with Crippen LogP contribution in [-0.2, 0) is 6.61 Å². The van der Waals surface area contributed by atoms with Gasteiger partial charge >= 0.3 is 0 Å². The number of hydrogen-bond acceptors (Lipinski definition) is 3. The van der Waals surface area contributed by atoms with Gasteiger partial charge in [-0.2, -0.15) is 0 Å². The number of piperazine rings is 1. The second-order valence-electron chi connectivity index (χ2n) is 5.95. The summed E-state index contributed by atoms with van der Waals surface area (Å²) in [6, 6.07) is 5.94. The molecule has 1 aliphatic rings. The van der Waals surface area contributed by atoms with E-state index in [2.05, 4.69) is 31.0 Å². The van der Waals surface area contributed by atoms with E-state index in [4.69, 9.17) is 0 Å². The fourth-order valence-electron chi connectivity index (χ4n) is 3.31. The molecule has 1 heterocycles. The fraction of sp³-hybridized carbons (Fsp3) is 0.647. The summed E-state index contributed by atoms with van der Waals surface area (Å²) in [5, 5.41) is 13.1. The first-order valence-corrected chi connectivity index (χ1v) is 7.98. The van der Waals surface area contributed by atoms with Gasteiger partial charge in [0.25, 0.3) is 0 Å². The maximum atomic E-state index is 13.4. The van der Waals surface area contributed by atoms with Crippen molar-refractivity contribution in [2.24, 2.45) is 0 Å². The Bertz CT molecular complexity index is 466. The molecule has 0 amide bonds. The largest absolute Gasteiger partial charge is 0.392 e. The van der Waals surface area contributed by atoms with Crippen LogP contribution in [0.4, 0.5) is 4.39 Å². The number of benzene rings is 1. The van der Waals surface area contributed by atoms with E-state index in [0.717, 1.165) is 31.5 Å². The highest BCUT2D eigenvalue weighted by Gasteiger charge is 2.30. The van der Waals surface area contributed by atoms with E-state index in [0.29, 0.717) is 17.6 Å². The van der Waals surface area contributed by atoms with Gasteiger partial charge in [-0.1, -0.05) is 19.9 Å². The SMILES string of the molecule is CC[C@H]1CN(C(C)c2ccc(F)cc2CO)[C@H](CC)CN1. The van der Waals surface area contributed by atoms with Crippen LogP contribution in [0.1, 0.15) is 50.8 Å². The van der Waals surface area contributed by atoms with Crippen molar-refractivity contribution >= 4 is 0 Å². The van der Waals surface area contributed by atoms with Gasteiger partial charge in [0.15, 0.2) is 0 Å². The monoisotopic (exact) mass is 294 g/mol. The second kappa shape index (κ2) is 7.34. The summed E-state index contributed by atoms with van der Waals surface area (Å²) in [6.07, 6.45) is 2.19. The molecule has 0 aliphatic carbocycles. The van der Waals surface area contributed by atoms with Crippen molar-refractivity contribution in [2.75, 3.05) is 13.1 Å². The minimum Gasteiger partial charge on any atom is -0.392 e. The molecule has 3 atom stereocenters. The molecule has 1 aromatic rings. The zero-order valence-electron chi connectivity index (χ0n) is 13.3. The third-order valence-corrected chi connectivity index (χ3v) is 4.73. The van der Waals surface area contributed by atoms with Gasteiger partial charge < -0.3 is 10.4 Å². The molecule has 1 aliphatic heterocycles. The van der Waals surface area contributed by atoms with E-state index in [9.17, 15) is 9.50 Å². The molecule has 21 heavy (non-hydrogen) atoms. The maximum Gasteiger partial charge on any atom is 0.123 e. The Hall–Kier alpha value is -0.970. The number of aliphatic hydroxyl groups excluding tert-OH is 1. The number of hydrogen-bond donors (Lipinski definition) is 2. The summed E-state index contributed by atoms with van der Waals surface area (Å²) in [4.78, 5) is 2.50. The predicted molar refractivity (Wildman–Crippen MR) is 83.6 cm³/mol. The van der Waals surface area contributed by atoms with E-state index in [1.165, 1.54) is 12.1 Å². The van der Waals surface area contributed by atoms with Crippen molar-refractivity contribution in [3.05, 3.63) is 35.1 Å². The molecule has 1 unspecified atom stereocenters. The van der Waals surface area contributed by atoms with Crippen LogP contribution in [0.3, 0.4) is 0 Å². The molecular weight excluding hydrogens is 267 g/mol. The van der Waals surface area contributed by atoms with Crippen LogP contribution in [0, 0.1) is 5.82 Å². The first-order valence-electron chi connectivity index (χ1n) is 7.98. The molecule has 0 spiro atoms. The topological polar surface area (TPSA) is 35.5 Å². The summed E-state index contributed by atoms with van der Waals surface area (Å²) in [5.74, 6) is -0.284. The predicted octanol–water partition coefficient (Wildman–Crippen LogP) is 2.84. The van der Waals surface area contributed by atoms with E-state index in [1.807, 2.05) is 6.07 Å². The quantitative estimate of drug-likeness (QED) is 0.876. The first kappa shape index (κ1) is 16.4. The van der Waals surface area contributed by atoms with E-state index >= 15 is 0 Å². The number of rotatable bonds is 5. The van der Waals surface area contributed by atoms with Crippen molar-refractivity contribution in [1.29, 1.82) is 0 Å². The maximum absolute atomic E-state index is 13.4. The van der Waals surface area contributed by atoms with Crippen molar-refractivity contribution in [3.8, 4) is 0 Å². The Kier molecular flexibility index (Phi) is 5.73. The van der Waals surface area contributed by atoms with Crippen LogP contribution in [0.2, 0.25) is 0 Å². The van der Waals surface area contributed by atoms with Crippen molar-refractivity contribution < 1.29 is 9.50 Å². The highest BCUT2D eigenvalue weighted by molar-refractivity contribution is 5.30. The van der Waals surface area contributed by atoms with Crippen molar-refractivity contribution in [1.82, 2.24) is 10.2 Å². The van der Waals surface area contributed by atoms with Gasteiger partial charge in [-0.3, -0.25) is 4.90 Å². The van der Waals surface area contributed by atoms with Gasteiger partial charge in [-0.25, -0.2) is 4.39 Å². The summed E-state index contributed by atoms with van der Waals surface area (Å²) in [7, 11) is 0. The molecule has 118 valence electrons. The van der Waals surface area contributed by atoms with Gasteiger partial charge in [-0.15, -0.1) is 0 Å². The van der Waals surface area contributed by atoms with Crippen LogP contribution < -0.4 is 5.32 Å². The van der Waals surface area contributed by atoms with E-state index in [-0.39, 0.29) is 18.5 Å². The molecule has 3 nitrogen and oxygen atoms in total. The van der Waals surface area contributed by atoms with E-state index in [1.54, 1.807) is 0 Å². The number of nitrogens with zero attached hydrogens (tertiary/aromatic N) is 1. The van der Waals surface area contributed by atoms with Crippen molar-refractivity contribution in [3.63, 3.8) is 0 Å². The molecule has 0 saturated carbocycles. The lowest BCUT2D eigenvalue weighted by Crippen LogP contribution is -2.56. The normalized spacial score (nSPS) is 25.0. The summed E-state index contributed by atoms with van der Waals surface area (Å²) < 4.78 is 13.4. The van der Waals surface area contributed by atoms with Crippen molar-refractivity contribution in [2.45, 2.75) is 58.3 Å². The summed E-state index contributed by atoms with van der Waals surface area (Å²) in [6.45, 7) is 8.44. The summed E-state index contributed by atoms with van der Waals surface area (Å²) in [5.41, 5.74) is 1.73. The van der Waals surface area contributed by atoms with Gasteiger partial charge in [0.05, 0.1) is 6.61 Å². The van der Waals surface area contributed by atoms with Gasteiger partial charge in [0.2, 0.25) is 0 Å². The van der Waals surface area contributed by atoms with Crippen LogP contribution in [0.15, 0.2) is 18.2 Å². The molecule has 1 fully saturated rings. The molecule has 2 rings (SSSR count). The molecular formula is C17H27FN2O. The molecule has 2 N–H and O–H groups in total. The van der Waals surface area contributed by atoms with Crippen LogP contribution >= 0.6 is 0 Å². The Morgan fingerprint density at radius 1 is 1.38 bits per heavy atom. The zero-order valence-corrected chi connectivity index (χ0v) is 13.3.